The van der Waals surface area contributed by atoms with Crippen LogP contribution in [0, 0.1) is 0 Å². The van der Waals surface area contributed by atoms with Crippen LogP contribution in [0.3, 0.4) is 0 Å². The molecule has 18 heavy (non-hydrogen) atoms. The Bertz CT molecular complexity index is 67.1. The summed E-state index contributed by atoms with van der Waals surface area (Å²) in [5, 5.41) is 86.0. The molecule has 0 aromatic heterocycles. The molecule has 0 aromatic rings. The third-order valence-corrected chi connectivity index (χ3v) is 0. The van der Waals surface area contributed by atoms with Crippen molar-refractivity contribution in [3.8, 4) is 0 Å². The SMILES string of the molecule is OB(O)O.OB(O)O.OB(O)O.OB(O)O.[Li][F]. The first-order valence-electron chi connectivity index (χ1n) is 3.48. The summed E-state index contributed by atoms with van der Waals surface area (Å²) in [6.45, 7) is 0. The van der Waals surface area contributed by atoms with Gasteiger partial charge in [0.1, 0.15) is 0 Å². The molecule has 0 rings (SSSR count). The first kappa shape index (κ1) is 31.0. The summed E-state index contributed by atoms with van der Waals surface area (Å²) < 4.78 is 9.50. The molecule has 0 unspecified atom stereocenters. The van der Waals surface area contributed by atoms with Gasteiger partial charge in [-0.05, 0) is 0 Å². The molecular formula is H12B4FLiO12. The second kappa shape index (κ2) is 30.4. The van der Waals surface area contributed by atoms with Crippen LogP contribution in [0.25, 0.3) is 0 Å². The summed E-state index contributed by atoms with van der Waals surface area (Å²) >= 11 is 0.500. The Morgan fingerprint density at radius 1 is 0.389 bits per heavy atom. The molecule has 0 saturated heterocycles. The Kier molecular flexibility index (Phi) is 52.3. The monoisotopic (exact) mass is 274 g/mol. The molecule has 0 bridgehead atoms. The van der Waals surface area contributed by atoms with Gasteiger partial charge >= 0.3 is 50.9 Å². The van der Waals surface area contributed by atoms with Crippen LogP contribution in [-0.2, 0) is 0 Å². The van der Waals surface area contributed by atoms with Crippen molar-refractivity contribution in [2.24, 2.45) is 0 Å². The van der Waals surface area contributed by atoms with Gasteiger partial charge in [-0.1, -0.05) is 0 Å². The average Bonchev–Trinajstić information content (AvgIpc) is 2.01. The van der Waals surface area contributed by atoms with Gasteiger partial charge in [0.15, 0.2) is 0 Å². The van der Waals surface area contributed by atoms with Gasteiger partial charge in [-0.25, -0.2) is 0 Å². The Morgan fingerprint density at radius 2 is 0.389 bits per heavy atom. The number of hydrogen-bond acceptors (Lipinski definition) is 12. The molecule has 0 spiro atoms. The van der Waals surface area contributed by atoms with Crippen LogP contribution in [0.15, 0.2) is 0 Å². The Hall–Kier alpha value is 0.307. The van der Waals surface area contributed by atoms with E-state index in [1.165, 1.54) is 0 Å². The van der Waals surface area contributed by atoms with Gasteiger partial charge in [0.05, 0.1) is 0 Å². The standard InChI is InChI=1S/4BH3O3.FH.Li/c4*2-1(3)4;;/h4*2-4H;1H;/q;;;;;+1/p-1. The topological polar surface area (TPSA) is 243 Å². The molecule has 0 aliphatic carbocycles. The van der Waals surface area contributed by atoms with Crippen LogP contribution in [0.5, 0.6) is 0 Å². The van der Waals surface area contributed by atoms with E-state index in [0.29, 0.717) is 18.2 Å². The van der Waals surface area contributed by atoms with Gasteiger partial charge in [-0.2, -0.15) is 0 Å². The normalized spacial score (nSPS) is 6.39. The summed E-state index contributed by atoms with van der Waals surface area (Å²) in [7, 11) is -8.67. The van der Waals surface area contributed by atoms with Crippen molar-refractivity contribution >= 4 is 47.5 Å². The van der Waals surface area contributed by atoms with Crippen LogP contribution in [0.1, 0.15) is 0 Å². The van der Waals surface area contributed by atoms with Gasteiger partial charge in [0.25, 0.3) is 0 Å². The summed E-state index contributed by atoms with van der Waals surface area (Å²) in [5.74, 6) is 0. The second-order valence-electron chi connectivity index (χ2n) is 1.39. The third kappa shape index (κ3) is 40500. The van der Waals surface area contributed by atoms with E-state index in [0.717, 1.165) is 0 Å². The Morgan fingerprint density at radius 3 is 0.389 bits per heavy atom. The van der Waals surface area contributed by atoms with Crippen molar-refractivity contribution in [2.45, 2.75) is 0 Å². The fraction of sp³-hybridized carbons (Fsp3) is 0. The molecule has 0 radical (unpaired) electrons. The first-order valence-corrected chi connectivity index (χ1v) is 3.48. The zero-order valence-corrected chi connectivity index (χ0v) is 9.05. The first-order chi connectivity index (χ1) is 7.93. The molecule has 0 saturated carbocycles. The van der Waals surface area contributed by atoms with Crippen LogP contribution < -0.4 is 0 Å². The van der Waals surface area contributed by atoms with Crippen molar-refractivity contribution < 1.29 is 63.7 Å². The molecule has 0 atom stereocenters. The maximum atomic E-state index is 9.50. The van der Waals surface area contributed by atoms with E-state index in [1.807, 2.05) is 0 Å². The predicted molar refractivity (Wildman–Crippen MR) is 56.5 cm³/mol. The number of halogens is 1. The summed E-state index contributed by atoms with van der Waals surface area (Å²) in [6.07, 6.45) is 0. The number of hydrogen-bond donors (Lipinski definition) is 12. The molecule has 104 valence electrons. The van der Waals surface area contributed by atoms with E-state index in [9.17, 15) is 3.38 Å². The van der Waals surface area contributed by atoms with Crippen molar-refractivity contribution in [1.29, 1.82) is 0 Å². The van der Waals surface area contributed by atoms with Crippen molar-refractivity contribution in [3.63, 3.8) is 0 Å². The van der Waals surface area contributed by atoms with E-state index in [1.54, 1.807) is 0 Å². The second-order valence-corrected chi connectivity index (χ2v) is 1.39. The average molecular weight is 273 g/mol. The van der Waals surface area contributed by atoms with E-state index < -0.39 is 29.3 Å². The van der Waals surface area contributed by atoms with Gasteiger partial charge < -0.3 is 60.3 Å². The zero-order chi connectivity index (χ0) is 16.3. The zero-order valence-electron chi connectivity index (χ0n) is 9.05. The van der Waals surface area contributed by atoms with Gasteiger partial charge in [0.2, 0.25) is 0 Å². The summed E-state index contributed by atoms with van der Waals surface area (Å²) in [4.78, 5) is 0. The van der Waals surface area contributed by atoms with Crippen LogP contribution in [-0.4, -0.2) is 108 Å². The molecule has 0 aromatic carbocycles. The summed E-state index contributed by atoms with van der Waals surface area (Å²) in [5.41, 5.74) is 0. The van der Waals surface area contributed by atoms with Crippen molar-refractivity contribution in [2.75, 3.05) is 0 Å². The fourth-order valence-electron chi connectivity index (χ4n) is 0. The van der Waals surface area contributed by atoms with Crippen LogP contribution >= 0.6 is 0 Å². The van der Waals surface area contributed by atoms with Gasteiger partial charge in [0, 0.05) is 0 Å². The molecule has 0 amide bonds. The Labute approximate surface area is 112 Å². The van der Waals surface area contributed by atoms with Crippen molar-refractivity contribution in [1.82, 2.24) is 0 Å². The molecule has 18 heteroatoms. The van der Waals surface area contributed by atoms with Crippen LogP contribution in [0.2, 0.25) is 0 Å². The van der Waals surface area contributed by atoms with Gasteiger partial charge in [-0.3, -0.25) is 0 Å². The Balaban J connectivity index is -0.0000000399. The van der Waals surface area contributed by atoms with Crippen molar-refractivity contribution in [3.05, 3.63) is 0 Å². The van der Waals surface area contributed by atoms with Gasteiger partial charge in [-0.15, -0.1) is 0 Å². The minimum atomic E-state index is -2.17. The molecule has 0 fully saturated rings. The molecule has 12 N–H and O–H groups in total. The van der Waals surface area contributed by atoms with E-state index in [-0.39, 0.29) is 0 Å². The molecule has 0 aliphatic heterocycles. The van der Waals surface area contributed by atoms with E-state index in [2.05, 4.69) is 0 Å². The maximum absolute atomic E-state index is 9.50. The molecule has 0 aliphatic rings. The summed E-state index contributed by atoms with van der Waals surface area (Å²) in [6, 6.07) is 0. The van der Waals surface area contributed by atoms with E-state index >= 15 is 0 Å². The quantitative estimate of drug-likeness (QED) is 0.184. The fourth-order valence-corrected chi connectivity index (χ4v) is 0. The third-order valence-electron chi connectivity index (χ3n) is 0. The molecule has 12 nitrogen and oxygen atoms in total. The molecule has 0 heterocycles. The van der Waals surface area contributed by atoms with E-state index in [4.69, 9.17) is 60.3 Å². The molecular weight excluding hydrogens is 261 g/mol. The predicted octanol–water partition coefficient (Wildman–Crippen LogP) is -8.17. The minimum absolute atomic E-state index is 0.500. The van der Waals surface area contributed by atoms with Crippen LogP contribution in [0.4, 0.5) is 3.38 Å². The number of rotatable bonds is 0.